The van der Waals surface area contributed by atoms with E-state index in [9.17, 15) is 18.5 Å². The maximum atomic E-state index is 15.0. The Bertz CT molecular complexity index is 1910. The number of rotatable bonds is 8. The third-order valence-electron chi connectivity index (χ3n) is 8.68. The predicted molar refractivity (Wildman–Crippen MR) is 172 cm³/mol. The summed E-state index contributed by atoms with van der Waals surface area (Å²) in [6, 6.07) is 10.8. The monoisotopic (exact) mass is 665 g/mol. The van der Waals surface area contributed by atoms with Crippen molar-refractivity contribution in [2.24, 2.45) is 11.7 Å². The number of fused-ring (bicyclic) bond motifs is 1. The van der Waals surface area contributed by atoms with Crippen molar-refractivity contribution in [2.45, 2.75) is 62.4 Å². The van der Waals surface area contributed by atoms with Gasteiger partial charge in [0.1, 0.15) is 11.3 Å². The molecule has 1 saturated heterocycles. The van der Waals surface area contributed by atoms with Crippen molar-refractivity contribution in [1.29, 1.82) is 5.26 Å². The van der Waals surface area contributed by atoms with E-state index in [0.717, 1.165) is 18.1 Å². The molecule has 4 aromatic rings. The lowest BCUT2D eigenvalue weighted by atomic mass is 9.85. The molecule has 1 atom stereocenters. The highest BCUT2D eigenvalue weighted by Gasteiger charge is 2.32. The number of nitrogens with two attached hydrogens (primary N) is 1. The first-order valence-electron chi connectivity index (χ1n) is 15.1. The molecule has 0 bridgehead atoms. The van der Waals surface area contributed by atoms with E-state index < -0.39 is 15.8 Å². The summed E-state index contributed by atoms with van der Waals surface area (Å²) in [7, 11) is -3.67. The average molecular weight is 666 g/mol. The summed E-state index contributed by atoms with van der Waals surface area (Å²) in [6.07, 6.45) is 5.32. The van der Waals surface area contributed by atoms with Crippen LogP contribution in [-0.4, -0.2) is 57.3 Å². The van der Waals surface area contributed by atoms with Gasteiger partial charge in [0.15, 0.2) is 5.65 Å². The first-order valence-corrected chi connectivity index (χ1v) is 16.9. The summed E-state index contributed by atoms with van der Waals surface area (Å²) in [5, 5.41) is 15.5. The second-order valence-corrected chi connectivity index (χ2v) is 14.2. The van der Waals surface area contributed by atoms with E-state index in [2.05, 4.69) is 20.6 Å². The Morgan fingerprint density at radius 3 is 2.54 bits per heavy atom. The van der Waals surface area contributed by atoms with Gasteiger partial charge in [-0.1, -0.05) is 29.3 Å². The van der Waals surface area contributed by atoms with Crippen molar-refractivity contribution in [2.75, 3.05) is 23.7 Å². The second kappa shape index (κ2) is 12.8. The molecule has 2 aliphatic rings. The Hall–Kier alpha value is -4.32. The van der Waals surface area contributed by atoms with E-state index in [4.69, 9.17) is 22.3 Å². The third kappa shape index (κ3) is 6.35. The van der Waals surface area contributed by atoms with Crippen molar-refractivity contribution in [3.8, 4) is 6.07 Å². The molecule has 1 aliphatic carbocycles. The maximum Gasteiger partial charge on any atom is 0.243 e. The molecule has 46 heavy (non-hydrogen) atoms. The largest absolute Gasteiger partial charge is 0.369 e. The van der Waals surface area contributed by atoms with Gasteiger partial charge in [-0.05, 0) is 69.7 Å². The second-order valence-electron chi connectivity index (χ2n) is 11.8. The van der Waals surface area contributed by atoms with Crippen LogP contribution in [0.3, 0.4) is 0 Å². The molecule has 4 N–H and O–H groups in total. The minimum atomic E-state index is -3.67. The number of carbonyl (C=O) groups is 1. The Morgan fingerprint density at radius 1 is 1.13 bits per heavy atom. The van der Waals surface area contributed by atoms with E-state index in [-0.39, 0.29) is 57.6 Å². The van der Waals surface area contributed by atoms with Crippen molar-refractivity contribution in [1.82, 2.24) is 23.8 Å². The number of piperidine rings is 1. The standard InChI is InChI=1S/C31H33ClFN9O3S/c1-18-4-10-23(11-5-18)46(44,45)41-12-2-3-21(17-41)37-30-36-16-26-29(40-30)42(22-8-6-20(7-9-22)28(35)43)31(38-26)39-27-24(32)13-19(15-34)14-25(27)33/h4-5,10-11,13-14,16,20-22H,2-3,6-9,12,17H2,1H3,(H2,35,43)(H,38,39)(H,36,37,40)/t20?,21-,22?/m1/s1. The quantitative estimate of drug-likeness (QED) is 0.234. The fraction of sp³-hybridized carbons (Fsp3) is 0.387. The van der Waals surface area contributed by atoms with E-state index in [1.807, 2.05) is 17.6 Å². The number of nitrogens with zero attached hydrogens (tertiary/aromatic N) is 6. The van der Waals surface area contributed by atoms with Crippen molar-refractivity contribution in [3.05, 3.63) is 64.6 Å². The van der Waals surface area contributed by atoms with Gasteiger partial charge in [-0.2, -0.15) is 14.6 Å². The average Bonchev–Trinajstić information content (AvgIpc) is 3.40. The van der Waals surface area contributed by atoms with Gasteiger partial charge in [0.05, 0.1) is 33.4 Å². The Kier molecular flexibility index (Phi) is 8.82. The van der Waals surface area contributed by atoms with Crippen LogP contribution in [0.2, 0.25) is 5.02 Å². The molecule has 2 aromatic heterocycles. The Morgan fingerprint density at radius 2 is 1.87 bits per heavy atom. The van der Waals surface area contributed by atoms with Gasteiger partial charge in [0, 0.05) is 31.1 Å². The number of carbonyl (C=O) groups excluding carboxylic acids is 1. The molecule has 6 rings (SSSR count). The van der Waals surface area contributed by atoms with Gasteiger partial charge in [-0.15, -0.1) is 0 Å². The van der Waals surface area contributed by atoms with Crippen LogP contribution in [0.5, 0.6) is 0 Å². The lowest BCUT2D eigenvalue weighted by Crippen LogP contribution is -2.45. The van der Waals surface area contributed by atoms with Crippen LogP contribution in [0.15, 0.2) is 47.5 Å². The zero-order chi connectivity index (χ0) is 32.6. The highest BCUT2D eigenvalue weighted by molar-refractivity contribution is 7.89. The zero-order valence-corrected chi connectivity index (χ0v) is 26.7. The first-order chi connectivity index (χ1) is 22.0. The van der Waals surface area contributed by atoms with Crippen molar-refractivity contribution >= 4 is 56.3 Å². The number of nitrogens with one attached hydrogen (secondary N) is 2. The van der Waals surface area contributed by atoms with Gasteiger partial charge >= 0.3 is 0 Å². The Labute approximate surface area is 270 Å². The van der Waals surface area contributed by atoms with Crippen LogP contribution >= 0.6 is 11.6 Å². The molecule has 0 radical (unpaired) electrons. The number of amides is 1. The molecular weight excluding hydrogens is 633 g/mol. The molecule has 12 nitrogen and oxygen atoms in total. The number of benzene rings is 2. The van der Waals surface area contributed by atoms with Crippen LogP contribution < -0.4 is 16.4 Å². The molecule has 0 spiro atoms. The zero-order valence-electron chi connectivity index (χ0n) is 25.1. The molecule has 240 valence electrons. The minimum absolute atomic E-state index is 0.0171. The Balaban J connectivity index is 1.30. The fourth-order valence-electron chi connectivity index (χ4n) is 6.20. The van der Waals surface area contributed by atoms with Gasteiger partial charge in [0.25, 0.3) is 0 Å². The number of halogens is 2. The highest BCUT2D eigenvalue weighted by Crippen LogP contribution is 2.38. The number of sulfonamides is 1. The third-order valence-corrected chi connectivity index (χ3v) is 10.9. The van der Waals surface area contributed by atoms with Crippen LogP contribution in [0.1, 0.15) is 55.7 Å². The maximum absolute atomic E-state index is 15.0. The van der Waals surface area contributed by atoms with Crippen LogP contribution in [-0.2, 0) is 14.8 Å². The number of aryl methyl sites for hydroxylation is 1. The molecule has 1 aliphatic heterocycles. The van der Waals surface area contributed by atoms with Gasteiger partial charge in [-0.3, -0.25) is 9.36 Å². The molecule has 1 saturated carbocycles. The van der Waals surface area contributed by atoms with E-state index in [0.29, 0.717) is 55.8 Å². The van der Waals surface area contributed by atoms with Crippen LogP contribution in [0.4, 0.5) is 22.0 Å². The van der Waals surface area contributed by atoms with E-state index in [1.165, 1.54) is 10.4 Å². The van der Waals surface area contributed by atoms with Gasteiger partial charge in [0.2, 0.25) is 27.8 Å². The number of nitriles is 1. The van der Waals surface area contributed by atoms with E-state index >= 15 is 4.39 Å². The predicted octanol–water partition coefficient (Wildman–Crippen LogP) is 5.02. The highest BCUT2D eigenvalue weighted by atomic mass is 35.5. The summed E-state index contributed by atoms with van der Waals surface area (Å²) in [5.41, 5.74) is 7.53. The molecule has 1 amide bonds. The summed E-state index contributed by atoms with van der Waals surface area (Å²) in [6.45, 7) is 2.57. The number of hydrogen-bond donors (Lipinski definition) is 3. The van der Waals surface area contributed by atoms with Crippen LogP contribution in [0.25, 0.3) is 11.2 Å². The van der Waals surface area contributed by atoms with Crippen molar-refractivity contribution in [3.63, 3.8) is 0 Å². The van der Waals surface area contributed by atoms with E-state index in [1.54, 1.807) is 30.5 Å². The SMILES string of the molecule is Cc1ccc(S(=O)(=O)N2CCC[C@@H](Nc3ncc4nc(Nc5c(F)cc(C#N)cc5Cl)n(C5CCC(C(N)=O)CC5)c4n3)C2)cc1. The number of anilines is 3. The van der Waals surface area contributed by atoms with Gasteiger partial charge < -0.3 is 16.4 Å². The van der Waals surface area contributed by atoms with Gasteiger partial charge in [-0.25, -0.2) is 22.8 Å². The normalized spacial score (nSPS) is 20.7. The smallest absolute Gasteiger partial charge is 0.243 e. The summed E-state index contributed by atoms with van der Waals surface area (Å²) in [5.74, 6) is -0.699. The molecule has 2 fully saturated rings. The number of primary amides is 1. The van der Waals surface area contributed by atoms with Crippen molar-refractivity contribution < 1.29 is 17.6 Å². The number of imidazole rings is 1. The summed E-state index contributed by atoms with van der Waals surface area (Å²) < 4.78 is 45.1. The minimum Gasteiger partial charge on any atom is -0.369 e. The lowest BCUT2D eigenvalue weighted by Gasteiger charge is -2.32. The summed E-state index contributed by atoms with van der Waals surface area (Å²) >= 11 is 6.35. The fourth-order valence-corrected chi connectivity index (χ4v) is 7.98. The molecule has 15 heteroatoms. The topological polar surface area (TPSA) is 172 Å². The molecular formula is C31H33ClFN9O3S. The van der Waals surface area contributed by atoms with Crippen LogP contribution in [0, 0.1) is 30.0 Å². The first kappa shape index (κ1) is 31.7. The molecule has 3 heterocycles. The number of hydrogen-bond acceptors (Lipinski definition) is 9. The number of aromatic nitrogens is 4. The summed E-state index contributed by atoms with van der Waals surface area (Å²) in [4.78, 5) is 26.0. The lowest BCUT2D eigenvalue weighted by molar-refractivity contribution is -0.122. The molecule has 0 unspecified atom stereocenters. The molecule has 2 aromatic carbocycles.